The lowest BCUT2D eigenvalue weighted by Crippen LogP contribution is -2.31. The zero-order chi connectivity index (χ0) is 24.1. The van der Waals surface area contributed by atoms with Crippen molar-refractivity contribution >= 4 is 11.4 Å². The molecule has 4 aromatic rings. The highest BCUT2D eigenvalue weighted by molar-refractivity contribution is 5.73. The molecule has 0 spiro atoms. The summed E-state index contributed by atoms with van der Waals surface area (Å²) in [6.45, 7) is 9.95. The predicted molar refractivity (Wildman–Crippen MR) is 138 cm³/mol. The molecule has 0 radical (unpaired) electrons. The fraction of sp³-hybridized carbons (Fsp3) is 0.286. The van der Waals surface area contributed by atoms with Crippen LogP contribution in [0.2, 0.25) is 0 Å². The third kappa shape index (κ3) is 3.63. The highest BCUT2D eigenvalue weighted by atomic mass is 16.3. The number of likely N-dealkylation sites (N-methyl/N-ethyl adjacent to an activating group) is 1. The molecule has 176 valence electrons. The van der Waals surface area contributed by atoms with Gasteiger partial charge in [-0.3, -0.25) is 4.57 Å². The molecule has 1 N–H and O–H groups in total. The lowest BCUT2D eigenvalue weighted by atomic mass is 10.1. The first-order valence-corrected chi connectivity index (χ1v) is 12.0. The third-order valence-corrected chi connectivity index (χ3v) is 7.36. The van der Waals surface area contributed by atoms with Crippen LogP contribution in [0.25, 0.3) is 33.2 Å². The number of aliphatic hydroxyl groups is 1. The van der Waals surface area contributed by atoms with Crippen LogP contribution in [0.15, 0.2) is 60.9 Å². The maximum atomic E-state index is 10.1. The summed E-state index contributed by atoms with van der Waals surface area (Å²) in [6.07, 6.45) is 5.10. The van der Waals surface area contributed by atoms with Crippen LogP contribution in [0.5, 0.6) is 0 Å². The predicted octanol–water partition coefficient (Wildman–Crippen LogP) is 4.55. The van der Waals surface area contributed by atoms with Gasteiger partial charge < -0.3 is 19.5 Å². The zero-order valence-corrected chi connectivity index (χ0v) is 20.0. The van der Waals surface area contributed by atoms with Gasteiger partial charge >= 0.3 is 0 Å². The normalized spacial score (nSPS) is 16.5. The van der Waals surface area contributed by atoms with E-state index in [-0.39, 0.29) is 6.61 Å². The number of nitrogens with zero attached hydrogens (tertiary/aromatic N) is 6. The minimum absolute atomic E-state index is 0.0729. The maximum absolute atomic E-state index is 10.1. The van der Waals surface area contributed by atoms with Crippen molar-refractivity contribution in [2.24, 2.45) is 0 Å². The molecule has 7 nitrogen and oxygen atoms in total. The third-order valence-electron chi connectivity index (χ3n) is 7.36. The molecule has 2 aliphatic heterocycles. The summed E-state index contributed by atoms with van der Waals surface area (Å²) in [6, 6.07) is 17.1. The van der Waals surface area contributed by atoms with Gasteiger partial charge in [0.2, 0.25) is 0 Å². The zero-order valence-electron chi connectivity index (χ0n) is 20.0. The van der Waals surface area contributed by atoms with E-state index in [4.69, 9.17) is 11.6 Å². The van der Waals surface area contributed by atoms with Gasteiger partial charge in [0.25, 0.3) is 0 Å². The highest BCUT2D eigenvalue weighted by Gasteiger charge is 2.27. The van der Waals surface area contributed by atoms with Crippen LogP contribution in [0.4, 0.5) is 11.4 Å². The molecule has 2 aromatic carbocycles. The van der Waals surface area contributed by atoms with Gasteiger partial charge in [0.1, 0.15) is 0 Å². The Hall–Kier alpha value is -3.86. The number of aliphatic hydroxyl groups excluding tert-OH is 1. The Morgan fingerprint density at radius 3 is 2.66 bits per heavy atom. The van der Waals surface area contributed by atoms with E-state index in [1.54, 1.807) is 6.20 Å². The van der Waals surface area contributed by atoms with Gasteiger partial charge in [0, 0.05) is 43.1 Å². The molecule has 1 saturated heterocycles. The van der Waals surface area contributed by atoms with Crippen molar-refractivity contribution in [3.8, 4) is 28.3 Å². The number of benzene rings is 2. The molecule has 0 saturated carbocycles. The molecule has 0 bridgehead atoms. The Kier molecular flexibility index (Phi) is 5.21. The van der Waals surface area contributed by atoms with Gasteiger partial charge in [-0.15, -0.1) is 0 Å². The standard InChI is InChI=1S/C28H28N6O/c1-29-22-6-4-19(5-7-22)20-13-27-28-30-14-25(18-35)34(28)26-9-8-23(12-21(26)16-33(27)15-20)32-11-10-24(17-32)31(2)3/h4-9,12-15,24,35H,10-11,16-18H2,2-3H3/t24-/m1/s1. The molecule has 2 aromatic heterocycles. The Bertz CT molecular complexity index is 1440. The van der Waals surface area contributed by atoms with Crippen molar-refractivity contribution in [1.82, 2.24) is 19.0 Å². The molecular formula is C28H28N6O. The highest BCUT2D eigenvalue weighted by Crippen LogP contribution is 2.37. The smallest absolute Gasteiger partial charge is 0.187 e. The molecule has 1 fully saturated rings. The van der Waals surface area contributed by atoms with E-state index in [0.29, 0.717) is 11.7 Å². The Morgan fingerprint density at radius 2 is 1.94 bits per heavy atom. The largest absolute Gasteiger partial charge is 0.390 e. The second-order valence-electron chi connectivity index (χ2n) is 9.63. The van der Waals surface area contributed by atoms with Crippen LogP contribution in [0.3, 0.4) is 0 Å². The van der Waals surface area contributed by atoms with Gasteiger partial charge in [0.15, 0.2) is 11.5 Å². The van der Waals surface area contributed by atoms with Crippen molar-refractivity contribution in [2.75, 3.05) is 32.1 Å². The Labute approximate surface area is 205 Å². The van der Waals surface area contributed by atoms with Crippen LogP contribution in [0.1, 0.15) is 17.7 Å². The number of aromatic nitrogens is 3. The topological polar surface area (TPSA) is 53.8 Å². The second kappa shape index (κ2) is 8.42. The summed E-state index contributed by atoms with van der Waals surface area (Å²) in [4.78, 5) is 13.0. The van der Waals surface area contributed by atoms with E-state index in [9.17, 15) is 5.11 Å². The molecule has 6 rings (SSSR count). The summed E-state index contributed by atoms with van der Waals surface area (Å²) in [5.74, 6) is 0.832. The first kappa shape index (κ1) is 21.7. The van der Waals surface area contributed by atoms with E-state index >= 15 is 0 Å². The van der Waals surface area contributed by atoms with Gasteiger partial charge in [-0.05, 0) is 55.9 Å². The molecule has 7 heteroatoms. The van der Waals surface area contributed by atoms with Crippen LogP contribution in [-0.4, -0.2) is 57.4 Å². The molecule has 35 heavy (non-hydrogen) atoms. The number of hydrogen-bond acceptors (Lipinski definition) is 4. The van der Waals surface area contributed by atoms with Crippen molar-refractivity contribution in [2.45, 2.75) is 25.6 Å². The molecule has 1 atom stereocenters. The van der Waals surface area contributed by atoms with E-state index in [1.165, 1.54) is 17.7 Å². The van der Waals surface area contributed by atoms with Crippen LogP contribution < -0.4 is 4.90 Å². The molecule has 0 amide bonds. The van der Waals surface area contributed by atoms with Crippen LogP contribution in [-0.2, 0) is 13.2 Å². The average Bonchev–Trinajstić information content (AvgIpc) is 3.61. The van der Waals surface area contributed by atoms with Crippen molar-refractivity contribution in [3.05, 3.63) is 83.6 Å². The SMILES string of the molecule is [C-]#[N+]c1ccc(-c2cc3n(c2)Cc2cc(N4CC[C@@H](N(C)C)C4)ccc2-n2c(CO)cnc2-3)cc1. The van der Waals surface area contributed by atoms with E-state index in [1.807, 2.05) is 24.3 Å². The molecular weight excluding hydrogens is 436 g/mol. The number of rotatable bonds is 4. The van der Waals surface area contributed by atoms with Gasteiger partial charge in [-0.1, -0.05) is 24.3 Å². The summed E-state index contributed by atoms with van der Waals surface area (Å²) in [7, 11) is 4.31. The number of hydrogen-bond donors (Lipinski definition) is 1. The minimum Gasteiger partial charge on any atom is -0.390 e. The average molecular weight is 465 g/mol. The monoisotopic (exact) mass is 464 g/mol. The lowest BCUT2D eigenvalue weighted by Gasteiger charge is -2.23. The minimum atomic E-state index is -0.0729. The van der Waals surface area contributed by atoms with Gasteiger partial charge in [-0.2, -0.15) is 0 Å². The van der Waals surface area contributed by atoms with Crippen LogP contribution >= 0.6 is 0 Å². The number of anilines is 1. The maximum Gasteiger partial charge on any atom is 0.187 e. The summed E-state index contributed by atoms with van der Waals surface area (Å²) >= 11 is 0. The van der Waals surface area contributed by atoms with E-state index in [2.05, 4.69) is 68.3 Å². The molecule has 0 aliphatic carbocycles. The summed E-state index contributed by atoms with van der Waals surface area (Å²) < 4.78 is 4.34. The van der Waals surface area contributed by atoms with Crippen molar-refractivity contribution in [3.63, 3.8) is 0 Å². The Balaban J connectivity index is 1.44. The van der Waals surface area contributed by atoms with Gasteiger partial charge in [0.05, 0.1) is 36.5 Å². The Morgan fingerprint density at radius 1 is 1.11 bits per heavy atom. The molecule has 2 aliphatic rings. The number of imidazole rings is 1. The molecule has 0 unspecified atom stereocenters. The summed E-state index contributed by atoms with van der Waals surface area (Å²) in [5, 5.41) is 10.1. The van der Waals surface area contributed by atoms with Crippen molar-refractivity contribution in [1.29, 1.82) is 0 Å². The number of fused-ring (bicyclic) bond motifs is 5. The first-order chi connectivity index (χ1) is 17.1. The van der Waals surface area contributed by atoms with E-state index in [0.717, 1.165) is 53.7 Å². The lowest BCUT2D eigenvalue weighted by molar-refractivity contribution is 0.275. The van der Waals surface area contributed by atoms with Crippen molar-refractivity contribution < 1.29 is 5.11 Å². The van der Waals surface area contributed by atoms with Crippen LogP contribution in [0, 0.1) is 6.57 Å². The molecule has 4 heterocycles. The van der Waals surface area contributed by atoms with Gasteiger partial charge in [-0.25, -0.2) is 9.83 Å². The fourth-order valence-corrected chi connectivity index (χ4v) is 5.36. The fourth-order valence-electron chi connectivity index (χ4n) is 5.36. The summed E-state index contributed by atoms with van der Waals surface area (Å²) in [5.41, 5.74) is 8.10. The quantitative estimate of drug-likeness (QED) is 0.397. The second-order valence-corrected chi connectivity index (χ2v) is 9.63. The first-order valence-electron chi connectivity index (χ1n) is 12.0. The van der Waals surface area contributed by atoms with E-state index < -0.39 is 0 Å².